The van der Waals surface area contributed by atoms with E-state index in [1.54, 1.807) is 32.7 Å². The lowest BCUT2D eigenvalue weighted by atomic mass is 10.0. The van der Waals surface area contributed by atoms with Crippen molar-refractivity contribution >= 4 is 17.0 Å². The highest BCUT2D eigenvalue weighted by Crippen LogP contribution is 2.40. The molecule has 2 aromatic heterocycles. The molecule has 5 rings (SSSR count). The number of aryl methyl sites for hydroxylation is 2. The van der Waals surface area contributed by atoms with Gasteiger partial charge in [-0.1, -0.05) is 0 Å². The average Bonchev–Trinajstić information content (AvgIpc) is 3.42. The first-order valence-corrected chi connectivity index (χ1v) is 12.6. The predicted molar refractivity (Wildman–Crippen MR) is 135 cm³/mol. The summed E-state index contributed by atoms with van der Waals surface area (Å²) in [5.74, 6) is 3.48. The molecule has 3 aromatic rings. The van der Waals surface area contributed by atoms with Crippen LogP contribution < -0.4 is 14.2 Å². The lowest BCUT2D eigenvalue weighted by Gasteiger charge is -2.26. The Hall–Kier alpha value is -2.95. The molecule has 4 heterocycles. The predicted octanol–water partition coefficient (Wildman–Crippen LogP) is 3.28. The lowest BCUT2D eigenvalue weighted by Crippen LogP contribution is -2.36. The number of morpholine rings is 1. The molecule has 0 atom stereocenters. The summed E-state index contributed by atoms with van der Waals surface area (Å²) in [6.07, 6.45) is 2.11. The van der Waals surface area contributed by atoms with Gasteiger partial charge in [-0.15, -0.1) is 21.5 Å². The summed E-state index contributed by atoms with van der Waals surface area (Å²) in [5.41, 5.74) is 2.88. The molecule has 0 saturated carbocycles. The topological polar surface area (TPSA) is 83.2 Å². The maximum atomic E-state index is 5.61. The van der Waals surface area contributed by atoms with Crippen LogP contribution in [0.4, 0.5) is 0 Å². The van der Waals surface area contributed by atoms with E-state index in [0.717, 1.165) is 79.2 Å². The van der Waals surface area contributed by atoms with Crippen LogP contribution in [0.1, 0.15) is 34.1 Å². The van der Waals surface area contributed by atoms with Crippen LogP contribution in [-0.2, 0) is 17.7 Å². The molecule has 0 aliphatic carbocycles. The van der Waals surface area contributed by atoms with Crippen molar-refractivity contribution in [3.63, 3.8) is 0 Å². The van der Waals surface area contributed by atoms with Crippen molar-refractivity contribution in [2.24, 2.45) is 4.99 Å². The second-order valence-corrected chi connectivity index (χ2v) is 9.68. The number of nitrogens with zero attached hydrogens (tertiary/aromatic N) is 5. The molecular weight excluding hydrogens is 466 g/mol. The Kier molecular flexibility index (Phi) is 7.03. The van der Waals surface area contributed by atoms with Crippen LogP contribution >= 0.6 is 11.3 Å². The third-order valence-electron chi connectivity index (χ3n) is 6.43. The number of hydrogen-bond donors (Lipinski definition) is 0. The molecule has 0 radical (unpaired) electrons. The van der Waals surface area contributed by atoms with Gasteiger partial charge in [-0.05, 0) is 44.5 Å². The number of aliphatic imine (C=N–C) groups is 1. The van der Waals surface area contributed by atoms with Crippen molar-refractivity contribution in [3.8, 4) is 22.2 Å². The third-order valence-corrected chi connectivity index (χ3v) is 7.61. The fraction of sp³-hybridized carbons (Fsp3) is 0.480. The van der Waals surface area contributed by atoms with Gasteiger partial charge in [0, 0.05) is 29.1 Å². The van der Waals surface area contributed by atoms with Crippen molar-refractivity contribution < 1.29 is 18.9 Å². The minimum Gasteiger partial charge on any atom is -0.493 e. The van der Waals surface area contributed by atoms with Crippen molar-refractivity contribution in [1.29, 1.82) is 0 Å². The van der Waals surface area contributed by atoms with E-state index >= 15 is 0 Å². The number of aromatic nitrogens is 3. The lowest BCUT2D eigenvalue weighted by molar-refractivity contribution is 0.0375. The minimum absolute atomic E-state index is 0.445. The maximum Gasteiger partial charge on any atom is 0.203 e. The second-order valence-electron chi connectivity index (χ2n) is 8.57. The molecule has 0 N–H and O–H groups in total. The van der Waals surface area contributed by atoms with Crippen molar-refractivity contribution in [2.45, 2.75) is 26.3 Å². The van der Waals surface area contributed by atoms with Crippen LogP contribution in [0.5, 0.6) is 17.2 Å². The van der Waals surface area contributed by atoms with Crippen LogP contribution in [0.15, 0.2) is 23.2 Å². The molecule has 2 aliphatic rings. The van der Waals surface area contributed by atoms with Gasteiger partial charge in [0.25, 0.3) is 0 Å². The van der Waals surface area contributed by atoms with Crippen LogP contribution in [0, 0.1) is 6.92 Å². The Balaban J connectivity index is 1.51. The number of hydrogen-bond acceptors (Lipinski definition) is 9. The monoisotopic (exact) mass is 497 g/mol. The first-order valence-electron chi connectivity index (χ1n) is 11.8. The normalized spacial score (nSPS) is 15.7. The molecule has 1 fully saturated rings. The number of ether oxygens (including phenoxy) is 4. The number of rotatable bonds is 8. The molecule has 1 saturated heterocycles. The van der Waals surface area contributed by atoms with Gasteiger partial charge in [0.05, 0.1) is 40.3 Å². The Bertz CT molecular complexity index is 1200. The molecule has 10 heteroatoms. The first kappa shape index (κ1) is 23.8. The molecule has 0 amide bonds. The van der Waals surface area contributed by atoms with Gasteiger partial charge in [0.2, 0.25) is 5.75 Å². The van der Waals surface area contributed by atoms with Gasteiger partial charge in [-0.25, -0.2) is 0 Å². The first-order chi connectivity index (χ1) is 17.1. The summed E-state index contributed by atoms with van der Waals surface area (Å²) in [7, 11) is 4.87. The van der Waals surface area contributed by atoms with Gasteiger partial charge in [-0.2, -0.15) is 0 Å². The van der Waals surface area contributed by atoms with E-state index in [9.17, 15) is 0 Å². The van der Waals surface area contributed by atoms with Crippen LogP contribution in [0.3, 0.4) is 0 Å². The smallest absolute Gasteiger partial charge is 0.203 e. The number of methoxy groups -OCH3 is 3. The molecule has 186 valence electrons. The molecule has 0 spiro atoms. The van der Waals surface area contributed by atoms with E-state index in [4.69, 9.17) is 23.9 Å². The zero-order valence-corrected chi connectivity index (χ0v) is 21.5. The van der Waals surface area contributed by atoms with E-state index in [1.807, 2.05) is 19.1 Å². The summed E-state index contributed by atoms with van der Waals surface area (Å²) < 4.78 is 24.4. The molecule has 0 unspecified atom stereocenters. The molecule has 0 bridgehead atoms. The van der Waals surface area contributed by atoms with Crippen LogP contribution in [0.2, 0.25) is 0 Å². The van der Waals surface area contributed by atoms with Crippen molar-refractivity contribution in [3.05, 3.63) is 45.9 Å². The van der Waals surface area contributed by atoms with E-state index in [-0.39, 0.29) is 0 Å². The van der Waals surface area contributed by atoms with Gasteiger partial charge in [0.15, 0.2) is 17.3 Å². The van der Waals surface area contributed by atoms with E-state index in [1.165, 1.54) is 4.88 Å². The van der Waals surface area contributed by atoms with Crippen molar-refractivity contribution in [2.75, 3.05) is 54.2 Å². The largest absolute Gasteiger partial charge is 0.493 e. The Morgan fingerprint density at radius 2 is 1.74 bits per heavy atom. The molecule has 35 heavy (non-hydrogen) atoms. The average molecular weight is 498 g/mol. The number of benzene rings is 1. The summed E-state index contributed by atoms with van der Waals surface area (Å²) in [6.45, 7) is 7.21. The Labute approximate surface area is 209 Å². The Morgan fingerprint density at radius 3 is 2.43 bits per heavy atom. The SMILES string of the molecule is COc1cc(C2=NCc3nnc(C)n3-c3sc(CCCN4CCOCC4)cc32)cc(OC)c1OC. The van der Waals surface area contributed by atoms with Gasteiger partial charge in [0.1, 0.15) is 17.4 Å². The summed E-state index contributed by atoms with van der Waals surface area (Å²) in [5, 5.41) is 9.82. The maximum absolute atomic E-state index is 5.61. The summed E-state index contributed by atoms with van der Waals surface area (Å²) in [4.78, 5) is 8.79. The zero-order valence-electron chi connectivity index (χ0n) is 20.7. The van der Waals surface area contributed by atoms with Gasteiger partial charge >= 0.3 is 0 Å². The van der Waals surface area contributed by atoms with E-state index < -0.39 is 0 Å². The third kappa shape index (κ3) is 4.65. The summed E-state index contributed by atoms with van der Waals surface area (Å²) >= 11 is 1.79. The van der Waals surface area contributed by atoms with Gasteiger partial charge in [-0.3, -0.25) is 14.5 Å². The molecule has 2 aliphatic heterocycles. The van der Waals surface area contributed by atoms with E-state index in [2.05, 4.69) is 25.7 Å². The second kappa shape index (κ2) is 10.3. The highest BCUT2D eigenvalue weighted by molar-refractivity contribution is 7.15. The fourth-order valence-electron chi connectivity index (χ4n) is 4.66. The van der Waals surface area contributed by atoms with Crippen LogP contribution in [-0.4, -0.2) is 79.6 Å². The standard InChI is InChI=1S/C25H31N5O4S/c1-16-27-28-22-15-26-23(17-12-20(31-2)24(33-4)21(13-17)32-3)19-14-18(35-25(19)30(16)22)6-5-7-29-8-10-34-11-9-29/h12-14H,5-11,15H2,1-4H3. The number of thiophene rings is 1. The minimum atomic E-state index is 0.445. The molecule has 1 aromatic carbocycles. The van der Waals surface area contributed by atoms with Crippen molar-refractivity contribution in [1.82, 2.24) is 19.7 Å². The molecule has 9 nitrogen and oxygen atoms in total. The molecular formula is C25H31N5O4S. The zero-order chi connectivity index (χ0) is 24.4. The Morgan fingerprint density at radius 1 is 1.00 bits per heavy atom. The van der Waals surface area contributed by atoms with Crippen LogP contribution in [0.25, 0.3) is 5.00 Å². The quantitative estimate of drug-likeness (QED) is 0.472. The highest BCUT2D eigenvalue weighted by Gasteiger charge is 2.26. The highest BCUT2D eigenvalue weighted by atomic mass is 32.1. The summed E-state index contributed by atoms with van der Waals surface area (Å²) in [6, 6.07) is 6.19. The van der Waals surface area contributed by atoms with E-state index in [0.29, 0.717) is 23.8 Å². The van der Waals surface area contributed by atoms with Gasteiger partial charge < -0.3 is 18.9 Å². The number of fused-ring (bicyclic) bond motifs is 3. The fourth-order valence-corrected chi connectivity index (χ4v) is 5.93.